The highest BCUT2D eigenvalue weighted by atomic mass is 32.2. The van der Waals surface area contributed by atoms with Crippen LogP contribution in [0.25, 0.3) is 6.08 Å². The van der Waals surface area contributed by atoms with Crippen molar-refractivity contribution in [3.05, 3.63) is 64.1 Å². The summed E-state index contributed by atoms with van der Waals surface area (Å²) in [4.78, 5) is 37.4. The molecule has 8 nitrogen and oxygen atoms in total. The maximum absolute atomic E-state index is 12.5. The molecule has 1 N–H and O–H groups in total. The van der Waals surface area contributed by atoms with Crippen LogP contribution in [-0.4, -0.2) is 54.5 Å². The monoisotopic (exact) mass is 457 g/mol. The Morgan fingerprint density at radius 3 is 2.66 bits per heavy atom. The first kappa shape index (κ1) is 23.4. The quantitative estimate of drug-likeness (QED) is 0.421. The van der Waals surface area contributed by atoms with E-state index in [4.69, 9.17) is 19.3 Å². The molecule has 1 aliphatic rings. The minimum atomic E-state index is -1.00. The summed E-state index contributed by atoms with van der Waals surface area (Å²) in [5.74, 6) is -0.406. The molecule has 0 saturated carbocycles. The van der Waals surface area contributed by atoms with Gasteiger partial charge in [0.15, 0.2) is 11.5 Å². The normalized spacial score (nSPS) is 14.8. The molecule has 2 aromatic carbocycles. The third-order valence-corrected chi connectivity index (χ3v) is 5.56. The number of imide groups is 1. The van der Waals surface area contributed by atoms with Gasteiger partial charge in [0, 0.05) is 20.3 Å². The number of amides is 2. The molecule has 2 amide bonds. The summed E-state index contributed by atoms with van der Waals surface area (Å²) in [6, 6.07) is 11.7. The molecule has 1 fully saturated rings. The third-order valence-electron chi connectivity index (χ3n) is 4.66. The Morgan fingerprint density at radius 1 is 1.12 bits per heavy atom. The van der Waals surface area contributed by atoms with E-state index in [2.05, 4.69) is 0 Å². The summed E-state index contributed by atoms with van der Waals surface area (Å²) >= 11 is 0.901. The van der Waals surface area contributed by atoms with Crippen LogP contribution < -0.4 is 9.47 Å². The van der Waals surface area contributed by atoms with Crippen molar-refractivity contribution in [2.45, 2.75) is 13.0 Å². The minimum Gasteiger partial charge on any atom is -0.493 e. The topological polar surface area (TPSA) is 102 Å². The fourth-order valence-electron chi connectivity index (χ4n) is 3.06. The van der Waals surface area contributed by atoms with E-state index in [1.807, 2.05) is 0 Å². The number of ether oxygens (including phenoxy) is 3. The number of carboxylic acids is 1. The molecule has 0 aliphatic carbocycles. The van der Waals surface area contributed by atoms with Gasteiger partial charge in [0.2, 0.25) is 0 Å². The van der Waals surface area contributed by atoms with E-state index in [0.717, 1.165) is 11.8 Å². The van der Waals surface area contributed by atoms with Gasteiger partial charge in [0.1, 0.15) is 6.61 Å². The molecule has 0 aromatic heterocycles. The molecule has 1 aliphatic heterocycles. The Morgan fingerprint density at radius 2 is 1.94 bits per heavy atom. The molecule has 0 bridgehead atoms. The summed E-state index contributed by atoms with van der Waals surface area (Å²) in [6.45, 7) is 0.951. The lowest BCUT2D eigenvalue weighted by atomic mass is 10.1. The number of carbonyl (C=O) groups is 3. The second-order valence-corrected chi connectivity index (χ2v) is 7.88. The van der Waals surface area contributed by atoms with Crippen LogP contribution in [0, 0.1) is 0 Å². The maximum Gasteiger partial charge on any atom is 0.335 e. The molecule has 0 spiro atoms. The lowest BCUT2D eigenvalue weighted by Crippen LogP contribution is -2.29. The second-order valence-electron chi connectivity index (χ2n) is 6.88. The van der Waals surface area contributed by atoms with Gasteiger partial charge in [-0.25, -0.2) is 4.79 Å². The smallest absolute Gasteiger partial charge is 0.335 e. The van der Waals surface area contributed by atoms with Crippen molar-refractivity contribution in [3.8, 4) is 11.5 Å². The maximum atomic E-state index is 12.5. The van der Waals surface area contributed by atoms with Crippen molar-refractivity contribution < 1.29 is 33.7 Å². The number of methoxy groups -OCH3 is 2. The predicted molar refractivity (Wildman–Crippen MR) is 120 cm³/mol. The molecule has 0 atom stereocenters. The average molecular weight is 458 g/mol. The highest BCUT2D eigenvalue weighted by Gasteiger charge is 2.34. The summed E-state index contributed by atoms with van der Waals surface area (Å²) < 4.78 is 16.2. The van der Waals surface area contributed by atoms with Crippen LogP contribution in [0.1, 0.15) is 27.9 Å². The van der Waals surface area contributed by atoms with Gasteiger partial charge < -0.3 is 19.3 Å². The molecule has 168 valence electrons. The van der Waals surface area contributed by atoms with Crippen molar-refractivity contribution >= 4 is 35.0 Å². The van der Waals surface area contributed by atoms with Crippen LogP contribution in [0.5, 0.6) is 11.5 Å². The fraction of sp³-hybridized carbons (Fsp3) is 0.261. The van der Waals surface area contributed by atoms with Crippen molar-refractivity contribution in [1.29, 1.82) is 0 Å². The molecule has 2 aromatic rings. The van der Waals surface area contributed by atoms with E-state index in [1.54, 1.807) is 49.6 Å². The summed E-state index contributed by atoms with van der Waals surface area (Å²) in [5, 5.41) is 8.81. The number of rotatable bonds is 10. The Balaban J connectivity index is 1.71. The zero-order chi connectivity index (χ0) is 23.1. The van der Waals surface area contributed by atoms with E-state index in [9.17, 15) is 14.4 Å². The number of benzene rings is 2. The van der Waals surface area contributed by atoms with Gasteiger partial charge in [-0.3, -0.25) is 14.5 Å². The molecule has 1 heterocycles. The second kappa shape index (κ2) is 10.8. The van der Waals surface area contributed by atoms with E-state index in [-0.39, 0.29) is 23.3 Å². The molecular formula is C23H23NO7S. The number of nitrogens with zero attached hydrogens (tertiary/aromatic N) is 1. The van der Waals surface area contributed by atoms with E-state index in [0.29, 0.717) is 47.1 Å². The number of hydrogen-bond acceptors (Lipinski definition) is 7. The molecule has 32 heavy (non-hydrogen) atoms. The first-order chi connectivity index (χ1) is 15.4. The molecule has 9 heteroatoms. The number of aromatic carboxylic acids is 1. The van der Waals surface area contributed by atoms with Crippen LogP contribution in [0.3, 0.4) is 0 Å². The van der Waals surface area contributed by atoms with Gasteiger partial charge in [-0.15, -0.1) is 0 Å². The van der Waals surface area contributed by atoms with Gasteiger partial charge in [-0.05, 0) is 59.7 Å². The summed E-state index contributed by atoms with van der Waals surface area (Å²) in [7, 11) is 3.07. The first-order valence-corrected chi connectivity index (χ1v) is 10.6. The Hall–Kier alpha value is -3.30. The minimum absolute atomic E-state index is 0.164. The van der Waals surface area contributed by atoms with Crippen molar-refractivity contribution in [2.24, 2.45) is 0 Å². The van der Waals surface area contributed by atoms with Gasteiger partial charge in [-0.1, -0.05) is 18.2 Å². The standard InChI is InChI=1S/C23H23NO7S/c1-29-10-4-9-24-21(25)20(32-23(24)28)13-15-7-8-18(19(12-15)30-2)31-14-16-5-3-6-17(11-16)22(26)27/h3,5-8,11-13H,4,9-10,14H2,1-2H3,(H,26,27)/b20-13+. The van der Waals surface area contributed by atoms with Gasteiger partial charge >= 0.3 is 5.97 Å². The summed E-state index contributed by atoms with van der Waals surface area (Å²) in [5.41, 5.74) is 1.58. The van der Waals surface area contributed by atoms with Crippen LogP contribution >= 0.6 is 11.8 Å². The lowest BCUT2D eigenvalue weighted by Gasteiger charge is -2.12. The molecule has 0 radical (unpaired) electrons. The van der Waals surface area contributed by atoms with Gasteiger partial charge in [0.25, 0.3) is 11.1 Å². The number of carboxylic acid groups (broad SMARTS) is 1. The lowest BCUT2D eigenvalue weighted by molar-refractivity contribution is -0.122. The number of hydrogen-bond donors (Lipinski definition) is 1. The fourth-order valence-corrected chi connectivity index (χ4v) is 3.92. The first-order valence-electron chi connectivity index (χ1n) is 9.80. The van der Waals surface area contributed by atoms with E-state index in [1.165, 1.54) is 18.1 Å². The third kappa shape index (κ3) is 5.68. The van der Waals surface area contributed by atoms with Gasteiger partial charge in [0.05, 0.1) is 17.6 Å². The Labute approximate surface area is 189 Å². The van der Waals surface area contributed by atoms with Crippen LogP contribution in [-0.2, 0) is 16.1 Å². The average Bonchev–Trinajstić information content (AvgIpc) is 3.05. The highest BCUT2D eigenvalue weighted by Crippen LogP contribution is 2.34. The largest absolute Gasteiger partial charge is 0.493 e. The molecule has 3 rings (SSSR count). The van der Waals surface area contributed by atoms with Crippen molar-refractivity contribution in [3.63, 3.8) is 0 Å². The van der Waals surface area contributed by atoms with E-state index < -0.39 is 5.97 Å². The van der Waals surface area contributed by atoms with Gasteiger partial charge in [-0.2, -0.15) is 0 Å². The van der Waals surface area contributed by atoms with Crippen molar-refractivity contribution in [2.75, 3.05) is 27.4 Å². The Kier molecular flexibility index (Phi) is 7.91. The summed E-state index contributed by atoms with van der Waals surface area (Å²) in [6.07, 6.45) is 2.22. The highest BCUT2D eigenvalue weighted by molar-refractivity contribution is 8.18. The Bertz CT molecular complexity index is 1050. The SMILES string of the molecule is COCCCN1C(=O)S/C(=C/c2ccc(OCc3cccc(C(=O)O)c3)c(OC)c2)C1=O. The number of thioether (sulfide) groups is 1. The predicted octanol–water partition coefficient (Wildman–Crippen LogP) is 4.05. The zero-order valence-electron chi connectivity index (χ0n) is 17.7. The zero-order valence-corrected chi connectivity index (χ0v) is 18.5. The molecule has 1 saturated heterocycles. The van der Waals surface area contributed by atoms with Crippen LogP contribution in [0.2, 0.25) is 0 Å². The van der Waals surface area contributed by atoms with Crippen LogP contribution in [0.15, 0.2) is 47.4 Å². The number of carbonyl (C=O) groups excluding carboxylic acids is 2. The van der Waals surface area contributed by atoms with E-state index >= 15 is 0 Å². The molecular weight excluding hydrogens is 434 g/mol. The van der Waals surface area contributed by atoms with Crippen molar-refractivity contribution in [1.82, 2.24) is 4.90 Å². The van der Waals surface area contributed by atoms with Crippen LogP contribution in [0.4, 0.5) is 4.79 Å². The molecule has 0 unspecified atom stereocenters.